The maximum atomic E-state index is 13.0. The molecular weight excluding hydrogens is 434 g/mol. The maximum Gasteiger partial charge on any atom is 0.355 e. The van der Waals surface area contributed by atoms with E-state index in [0.29, 0.717) is 23.1 Å². The number of aromatic hydroxyl groups is 1. The quantitative estimate of drug-likeness (QED) is 0.254. The predicted octanol–water partition coefficient (Wildman–Crippen LogP) is 2.71. The first-order chi connectivity index (χ1) is 15.0. The molecule has 32 heavy (non-hydrogen) atoms. The molecule has 0 saturated carbocycles. The Labute approximate surface area is 184 Å². The van der Waals surface area contributed by atoms with Gasteiger partial charge >= 0.3 is 16.1 Å². The average molecular weight is 453 g/mol. The van der Waals surface area contributed by atoms with Crippen molar-refractivity contribution in [2.24, 2.45) is 5.73 Å². The largest absolute Gasteiger partial charge is 0.508 e. The van der Waals surface area contributed by atoms with Crippen LogP contribution in [0, 0.1) is 5.41 Å². The Morgan fingerprint density at radius 3 is 2.22 bits per heavy atom. The van der Waals surface area contributed by atoms with Gasteiger partial charge in [-0.25, -0.2) is 4.79 Å². The molecular formula is C22H19N3O6S. The molecule has 0 fully saturated rings. The SMILES string of the molecule is CS(=O)(=O)OC(=O)c1c(C(=O)Nc2ccc(C(=N)N)cc2)cc(O)cc1-c1ccccc1. The van der Waals surface area contributed by atoms with Crippen LogP contribution in [0.2, 0.25) is 0 Å². The number of phenols is 1. The van der Waals surface area contributed by atoms with Crippen molar-refractivity contribution in [1.82, 2.24) is 0 Å². The highest BCUT2D eigenvalue weighted by Gasteiger charge is 2.27. The second-order valence-corrected chi connectivity index (χ2v) is 8.38. The van der Waals surface area contributed by atoms with Crippen LogP contribution >= 0.6 is 0 Å². The molecule has 0 spiro atoms. The minimum atomic E-state index is -4.17. The van der Waals surface area contributed by atoms with Crippen LogP contribution in [-0.4, -0.2) is 37.5 Å². The van der Waals surface area contributed by atoms with Gasteiger partial charge in [-0.15, -0.1) is 0 Å². The average Bonchev–Trinajstić information content (AvgIpc) is 2.72. The van der Waals surface area contributed by atoms with E-state index in [2.05, 4.69) is 9.50 Å². The lowest BCUT2D eigenvalue weighted by Gasteiger charge is -2.15. The number of rotatable bonds is 6. The Morgan fingerprint density at radius 2 is 1.66 bits per heavy atom. The minimum Gasteiger partial charge on any atom is -0.508 e. The Kier molecular flexibility index (Phi) is 6.26. The number of amidine groups is 1. The molecule has 0 atom stereocenters. The van der Waals surface area contributed by atoms with Gasteiger partial charge in [-0.3, -0.25) is 10.2 Å². The van der Waals surface area contributed by atoms with Gasteiger partial charge in [0.05, 0.1) is 17.4 Å². The monoisotopic (exact) mass is 453 g/mol. The number of carbonyl (C=O) groups excluding carboxylic acids is 2. The van der Waals surface area contributed by atoms with Gasteiger partial charge in [-0.1, -0.05) is 30.3 Å². The van der Waals surface area contributed by atoms with E-state index in [4.69, 9.17) is 11.1 Å². The second-order valence-electron chi connectivity index (χ2n) is 6.80. The summed E-state index contributed by atoms with van der Waals surface area (Å²) < 4.78 is 27.7. The van der Waals surface area contributed by atoms with Crippen molar-refractivity contribution in [2.45, 2.75) is 0 Å². The van der Waals surface area contributed by atoms with Gasteiger partial charge < -0.3 is 20.3 Å². The fourth-order valence-corrected chi connectivity index (χ4v) is 3.34. The number of hydrogen-bond donors (Lipinski definition) is 4. The third-order valence-electron chi connectivity index (χ3n) is 4.34. The van der Waals surface area contributed by atoms with Crippen molar-refractivity contribution in [3.63, 3.8) is 0 Å². The molecule has 1 amide bonds. The first-order valence-electron chi connectivity index (χ1n) is 9.17. The lowest BCUT2D eigenvalue weighted by atomic mass is 9.94. The first-order valence-corrected chi connectivity index (χ1v) is 11.0. The fraction of sp³-hybridized carbons (Fsp3) is 0.0455. The van der Waals surface area contributed by atoms with Crippen molar-refractivity contribution in [3.05, 3.63) is 83.4 Å². The fourth-order valence-electron chi connectivity index (χ4n) is 2.98. The second kappa shape index (κ2) is 8.90. The molecule has 0 aliphatic rings. The molecule has 0 heterocycles. The summed E-state index contributed by atoms with van der Waals surface area (Å²) in [6, 6.07) is 16.7. The van der Waals surface area contributed by atoms with Crippen molar-refractivity contribution >= 4 is 33.5 Å². The van der Waals surface area contributed by atoms with Crippen LogP contribution in [0.4, 0.5) is 5.69 Å². The number of carbonyl (C=O) groups is 2. The molecule has 0 bridgehead atoms. The molecule has 3 aromatic carbocycles. The first kappa shape index (κ1) is 22.5. The van der Waals surface area contributed by atoms with Crippen molar-refractivity contribution < 1.29 is 27.3 Å². The summed E-state index contributed by atoms with van der Waals surface area (Å²) in [5, 5.41) is 20.2. The molecule has 3 aromatic rings. The standard InChI is InChI=1S/C22H19N3O6S/c1-32(29,30)31-22(28)19-17(13-5-3-2-4-6-13)11-16(26)12-18(19)21(27)25-15-9-7-14(8-10-15)20(23)24/h2-12,26H,1H3,(H3,23,24)(H,25,27). The van der Waals surface area contributed by atoms with Gasteiger partial charge in [0.15, 0.2) is 0 Å². The van der Waals surface area contributed by atoms with Crippen LogP contribution < -0.4 is 11.1 Å². The number of anilines is 1. The lowest BCUT2D eigenvalue weighted by molar-refractivity contribution is 0.0744. The van der Waals surface area contributed by atoms with E-state index in [9.17, 15) is 23.1 Å². The normalized spacial score (nSPS) is 10.9. The maximum absolute atomic E-state index is 13.0. The van der Waals surface area contributed by atoms with Crippen molar-refractivity contribution in [2.75, 3.05) is 11.6 Å². The zero-order valence-electron chi connectivity index (χ0n) is 16.8. The highest BCUT2D eigenvalue weighted by atomic mass is 32.2. The molecule has 5 N–H and O–H groups in total. The zero-order chi connectivity index (χ0) is 23.5. The van der Waals surface area contributed by atoms with Gasteiger partial charge in [-0.05, 0) is 42.0 Å². The van der Waals surface area contributed by atoms with E-state index >= 15 is 0 Å². The molecule has 0 radical (unpaired) electrons. The summed E-state index contributed by atoms with van der Waals surface area (Å²) in [6.07, 6.45) is 0.712. The van der Waals surface area contributed by atoms with E-state index in [1.165, 1.54) is 30.3 Å². The number of nitrogen functional groups attached to an aromatic ring is 1. The third kappa shape index (κ3) is 5.29. The summed E-state index contributed by atoms with van der Waals surface area (Å²) >= 11 is 0. The molecule has 0 unspecified atom stereocenters. The Balaban J connectivity index is 2.11. The molecule has 3 rings (SSSR count). The van der Waals surface area contributed by atoms with Crippen LogP contribution in [0.3, 0.4) is 0 Å². The highest BCUT2D eigenvalue weighted by Crippen LogP contribution is 2.32. The summed E-state index contributed by atoms with van der Waals surface area (Å²) in [5.74, 6) is -2.50. The van der Waals surface area contributed by atoms with Gasteiger partial charge in [0, 0.05) is 16.8 Å². The zero-order valence-corrected chi connectivity index (χ0v) is 17.6. The number of amides is 1. The molecule has 0 aromatic heterocycles. The molecule has 0 aliphatic carbocycles. The number of nitrogens with one attached hydrogen (secondary N) is 2. The van der Waals surface area contributed by atoms with Gasteiger partial charge in [0.1, 0.15) is 11.6 Å². The Morgan fingerprint density at radius 1 is 1.03 bits per heavy atom. The highest BCUT2D eigenvalue weighted by molar-refractivity contribution is 7.86. The van der Waals surface area contributed by atoms with Crippen molar-refractivity contribution in [3.8, 4) is 16.9 Å². The van der Waals surface area contributed by atoms with Gasteiger partial charge in [0.2, 0.25) is 0 Å². The van der Waals surface area contributed by atoms with E-state index in [-0.39, 0.29) is 28.3 Å². The number of phenolic OH excluding ortho intramolecular Hbond substituents is 1. The van der Waals surface area contributed by atoms with E-state index in [1.54, 1.807) is 30.3 Å². The summed E-state index contributed by atoms with van der Waals surface area (Å²) in [5.41, 5.74) is 6.17. The van der Waals surface area contributed by atoms with Crippen molar-refractivity contribution in [1.29, 1.82) is 5.41 Å². The Hall–Kier alpha value is -4.18. The van der Waals surface area contributed by atoms with Crippen LogP contribution in [0.5, 0.6) is 5.75 Å². The Bertz CT molecular complexity index is 1300. The number of hydrogen-bond acceptors (Lipinski definition) is 7. The van der Waals surface area contributed by atoms with E-state index in [0.717, 1.165) is 6.07 Å². The molecule has 0 aliphatic heterocycles. The molecule has 164 valence electrons. The predicted molar refractivity (Wildman–Crippen MR) is 119 cm³/mol. The third-order valence-corrected chi connectivity index (χ3v) is 4.79. The lowest BCUT2D eigenvalue weighted by Crippen LogP contribution is -2.20. The van der Waals surface area contributed by atoms with Crippen LogP contribution in [0.15, 0.2) is 66.7 Å². The minimum absolute atomic E-state index is 0.122. The van der Waals surface area contributed by atoms with Crippen LogP contribution in [-0.2, 0) is 14.3 Å². The molecule has 9 nitrogen and oxygen atoms in total. The topological polar surface area (TPSA) is 160 Å². The number of benzene rings is 3. The summed E-state index contributed by atoms with van der Waals surface area (Å²) in [4.78, 5) is 25.8. The summed E-state index contributed by atoms with van der Waals surface area (Å²) in [6.45, 7) is 0. The molecule has 10 heteroatoms. The van der Waals surface area contributed by atoms with Crippen LogP contribution in [0.1, 0.15) is 26.3 Å². The van der Waals surface area contributed by atoms with E-state index < -0.39 is 22.0 Å². The van der Waals surface area contributed by atoms with Gasteiger partial charge in [0.25, 0.3) is 5.91 Å². The van der Waals surface area contributed by atoms with Crippen LogP contribution in [0.25, 0.3) is 11.1 Å². The number of nitrogens with two attached hydrogens (primary N) is 1. The smallest absolute Gasteiger partial charge is 0.355 e. The van der Waals surface area contributed by atoms with E-state index in [1.807, 2.05) is 0 Å². The summed E-state index contributed by atoms with van der Waals surface area (Å²) in [7, 11) is -4.17. The molecule has 0 saturated heterocycles. The van der Waals surface area contributed by atoms with Gasteiger partial charge in [-0.2, -0.15) is 8.42 Å².